The van der Waals surface area contributed by atoms with Crippen LogP contribution in [-0.2, 0) is 18.3 Å². The van der Waals surface area contributed by atoms with Gasteiger partial charge in [-0.1, -0.05) is 11.6 Å². The molecule has 0 aromatic rings. The Morgan fingerprint density at radius 1 is 1.18 bits per heavy atom. The molecule has 0 aliphatic carbocycles. The maximum absolute atomic E-state index is 10.3. The second-order valence-electron chi connectivity index (χ2n) is 1.25. The van der Waals surface area contributed by atoms with Crippen molar-refractivity contribution in [2.24, 2.45) is 0 Å². The molecule has 0 amide bonds. The van der Waals surface area contributed by atoms with Crippen molar-refractivity contribution in [3.05, 3.63) is 0 Å². The summed E-state index contributed by atoms with van der Waals surface area (Å²) in [4.78, 5) is -1.20. The summed E-state index contributed by atoms with van der Waals surface area (Å²) in [5.74, 6) is 0. The lowest BCUT2D eigenvalue weighted by Gasteiger charge is -2.07. The van der Waals surface area contributed by atoms with Crippen LogP contribution in [0.4, 0.5) is 0 Å². The zero-order chi connectivity index (χ0) is 9.07. The van der Waals surface area contributed by atoms with Crippen molar-refractivity contribution in [1.29, 1.82) is 0 Å². The van der Waals surface area contributed by atoms with Gasteiger partial charge < -0.3 is 0 Å². The Kier molecular flexibility index (Phi) is 5.37. The van der Waals surface area contributed by atoms with E-state index in [9.17, 15) is 8.42 Å². The summed E-state index contributed by atoms with van der Waals surface area (Å²) in [6.07, 6.45) is 0. The number of alkyl halides is 3. The van der Waals surface area contributed by atoms with Gasteiger partial charge in [0.25, 0.3) is 0 Å². The first-order chi connectivity index (χ1) is 4.89. The predicted octanol–water partition coefficient (Wildman–Crippen LogP) is 1.79. The lowest BCUT2D eigenvalue weighted by atomic mass is 10.8. The Bertz CT molecular complexity index is 200. The zero-order valence-corrected chi connectivity index (χ0v) is 8.55. The van der Waals surface area contributed by atoms with Crippen molar-refractivity contribution < 1.29 is 16.3 Å². The van der Waals surface area contributed by atoms with E-state index in [1.54, 1.807) is 0 Å². The fourth-order valence-corrected chi connectivity index (χ4v) is 1.12. The summed E-state index contributed by atoms with van der Waals surface area (Å²) < 4.78 is 28.0. The normalized spacial score (nSPS) is 15.4. The number of halogens is 4. The van der Waals surface area contributed by atoms with Gasteiger partial charge in [0.15, 0.2) is 5.56 Å². The maximum Gasteiger partial charge on any atom is 0.417 e. The average Bonchev–Trinajstić information content (AvgIpc) is 1.87. The Hall–Kier alpha value is 1.03. The van der Waals surface area contributed by atoms with Gasteiger partial charge in [-0.15, -0.1) is 26.9 Å². The summed E-state index contributed by atoms with van der Waals surface area (Å²) in [6.45, 7) is 0. The molecule has 0 radical (unpaired) electrons. The zero-order valence-electron chi connectivity index (χ0n) is 4.71. The molecule has 0 rings (SSSR count). The second kappa shape index (κ2) is 4.91. The van der Waals surface area contributed by atoms with Crippen molar-refractivity contribution in [3.8, 4) is 0 Å². The van der Waals surface area contributed by atoms with Crippen molar-refractivity contribution in [2.45, 2.75) is 10.4 Å². The van der Waals surface area contributed by atoms with Gasteiger partial charge in [-0.3, -0.25) is 0 Å². The highest BCUT2D eigenvalue weighted by Crippen LogP contribution is 2.18. The largest absolute Gasteiger partial charge is 0.417 e. The molecule has 1 atom stereocenters. The van der Waals surface area contributed by atoms with Crippen molar-refractivity contribution in [2.75, 3.05) is 0 Å². The summed E-state index contributed by atoms with van der Waals surface area (Å²) in [5.41, 5.74) is -1.43. The molecule has 11 heavy (non-hydrogen) atoms. The van der Waals surface area contributed by atoms with Crippen LogP contribution in [0.1, 0.15) is 0 Å². The van der Waals surface area contributed by atoms with Crippen LogP contribution in [-0.4, -0.2) is 18.8 Å². The van der Waals surface area contributed by atoms with E-state index in [1.165, 1.54) is 0 Å². The number of hydrogen-bond donors (Lipinski definition) is 0. The third-order valence-electron chi connectivity index (χ3n) is 0.485. The van der Waals surface area contributed by atoms with Crippen LogP contribution in [0.15, 0.2) is 0 Å². The summed E-state index contributed by atoms with van der Waals surface area (Å²) in [6, 6.07) is 0. The van der Waals surface area contributed by atoms with Gasteiger partial charge >= 0.3 is 10.4 Å². The van der Waals surface area contributed by atoms with E-state index in [-0.39, 0.29) is 0 Å². The van der Waals surface area contributed by atoms with Crippen LogP contribution in [0, 0.1) is 0 Å². The summed E-state index contributed by atoms with van der Waals surface area (Å²) in [7, 11) is -4.30. The SMILES string of the molecule is O=S(=O)(OCl)OC(Cl)C(Cl)Cl. The Balaban J connectivity index is 4.05. The fourth-order valence-electron chi connectivity index (χ4n) is 0.169. The molecule has 4 nitrogen and oxygen atoms in total. The molecule has 0 fully saturated rings. The highest BCUT2D eigenvalue weighted by atomic mass is 35.5. The molecule has 0 aliphatic rings. The molecule has 1 unspecified atom stereocenters. The van der Waals surface area contributed by atoms with E-state index in [2.05, 4.69) is 19.8 Å². The minimum Gasteiger partial charge on any atom is -0.225 e. The predicted molar refractivity (Wildman–Crippen MR) is 42.1 cm³/mol. The van der Waals surface area contributed by atoms with Gasteiger partial charge in [0.2, 0.25) is 0 Å². The van der Waals surface area contributed by atoms with Gasteiger partial charge in [0.05, 0.1) is 11.9 Å². The highest BCUT2D eigenvalue weighted by Gasteiger charge is 2.23. The third-order valence-corrected chi connectivity index (χ3v) is 2.71. The lowest BCUT2D eigenvalue weighted by molar-refractivity contribution is 0.261. The van der Waals surface area contributed by atoms with E-state index in [4.69, 9.17) is 34.8 Å². The van der Waals surface area contributed by atoms with Crippen molar-refractivity contribution in [3.63, 3.8) is 0 Å². The van der Waals surface area contributed by atoms with Crippen LogP contribution >= 0.6 is 46.7 Å². The van der Waals surface area contributed by atoms with E-state index in [0.29, 0.717) is 0 Å². The molecule has 0 N–H and O–H groups in total. The first kappa shape index (κ1) is 12.0. The van der Waals surface area contributed by atoms with Crippen LogP contribution in [0.2, 0.25) is 0 Å². The molecule has 0 bridgehead atoms. The van der Waals surface area contributed by atoms with Crippen LogP contribution in [0.25, 0.3) is 0 Å². The standard InChI is InChI=1S/C2H2Cl4O4S/c3-1(4)2(5)9-11(7,8)10-6/h1-2H. The van der Waals surface area contributed by atoms with Gasteiger partial charge in [-0.2, -0.15) is 8.42 Å². The van der Waals surface area contributed by atoms with E-state index in [0.717, 1.165) is 0 Å². The average molecular weight is 264 g/mol. The van der Waals surface area contributed by atoms with Gasteiger partial charge in [-0.05, 0) is 0 Å². The van der Waals surface area contributed by atoms with E-state index < -0.39 is 20.8 Å². The van der Waals surface area contributed by atoms with Crippen LogP contribution in [0.5, 0.6) is 0 Å². The third kappa shape index (κ3) is 5.30. The summed E-state index contributed by atoms with van der Waals surface area (Å²) in [5, 5.41) is 0. The molecule has 0 saturated heterocycles. The van der Waals surface area contributed by atoms with Gasteiger partial charge in [0, 0.05) is 0 Å². The Morgan fingerprint density at radius 3 is 1.91 bits per heavy atom. The lowest BCUT2D eigenvalue weighted by Crippen LogP contribution is -2.18. The summed E-state index contributed by atoms with van der Waals surface area (Å²) >= 11 is 19.9. The smallest absolute Gasteiger partial charge is 0.225 e. The molecule has 0 spiro atoms. The van der Waals surface area contributed by atoms with Crippen LogP contribution < -0.4 is 0 Å². The van der Waals surface area contributed by atoms with E-state index >= 15 is 0 Å². The van der Waals surface area contributed by atoms with E-state index in [1.807, 2.05) is 0 Å². The fraction of sp³-hybridized carbons (Fsp3) is 1.00. The molecule has 9 heteroatoms. The van der Waals surface area contributed by atoms with Gasteiger partial charge in [-0.25, -0.2) is 4.18 Å². The first-order valence-corrected chi connectivity index (χ1v) is 5.00. The van der Waals surface area contributed by atoms with Gasteiger partial charge in [0.1, 0.15) is 4.84 Å². The minimum absolute atomic E-state index is 1.20. The molecule has 0 aliphatic heterocycles. The van der Waals surface area contributed by atoms with Crippen molar-refractivity contribution >= 4 is 57.1 Å². The monoisotopic (exact) mass is 262 g/mol. The molecular formula is C2H2Cl4O4S. The minimum atomic E-state index is -4.30. The first-order valence-electron chi connectivity index (χ1n) is 2.04. The molecule has 0 saturated carbocycles. The topological polar surface area (TPSA) is 52.6 Å². The molecule has 0 aromatic heterocycles. The molecule has 0 heterocycles. The maximum atomic E-state index is 10.3. The Morgan fingerprint density at radius 2 is 1.64 bits per heavy atom. The van der Waals surface area contributed by atoms with Crippen molar-refractivity contribution in [1.82, 2.24) is 0 Å². The molecule has 68 valence electrons. The second-order valence-corrected chi connectivity index (χ2v) is 4.36. The highest BCUT2D eigenvalue weighted by molar-refractivity contribution is 7.82. The Labute approximate surface area is 83.8 Å². The molecular weight excluding hydrogens is 262 g/mol. The number of hydrogen-bond acceptors (Lipinski definition) is 4. The van der Waals surface area contributed by atoms with Crippen LogP contribution in [0.3, 0.4) is 0 Å². The quantitative estimate of drug-likeness (QED) is 0.726. The molecule has 0 aromatic carbocycles. The number of rotatable bonds is 4.